The van der Waals surface area contributed by atoms with Crippen LogP contribution in [0.4, 0.5) is 0 Å². The highest BCUT2D eigenvalue weighted by molar-refractivity contribution is 5.83. The van der Waals surface area contributed by atoms with Gasteiger partial charge in [-0.25, -0.2) is 4.79 Å². The monoisotopic (exact) mass is 203 g/mol. The minimum Gasteiger partial charge on any atom is -0.467 e. The Morgan fingerprint density at radius 3 is 2.50 bits per heavy atom. The van der Waals surface area contributed by atoms with Crippen molar-refractivity contribution in [1.29, 1.82) is 0 Å². The third kappa shape index (κ3) is 5.53. The number of carbonyl (C=O) groups is 2. The highest BCUT2D eigenvalue weighted by Gasteiger charge is 2.18. The summed E-state index contributed by atoms with van der Waals surface area (Å²) in [5, 5.41) is 2.56. The topological polar surface area (TPSA) is 83.0 Å². The number of carbonyl (C=O) groups excluding carboxylic acids is 2. The third-order valence-electron chi connectivity index (χ3n) is 1.86. The fraction of sp³-hybridized carbons (Fsp3) is 0.778. The zero-order valence-electron chi connectivity index (χ0n) is 8.84. The molecule has 0 aromatic rings. The summed E-state index contributed by atoms with van der Waals surface area (Å²) in [6.45, 7) is 2.23. The van der Waals surface area contributed by atoms with Crippen LogP contribution in [0.15, 0.2) is 0 Å². The summed E-state index contributed by atoms with van der Waals surface area (Å²) in [5.41, 5.74) is 3.70. The largest absolute Gasteiger partial charge is 0.467 e. The van der Waals surface area contributed by atoms with E-state index in [1.54, 1.807) is 0 Å². The van der Waals surface area contributed by atoms with E-state index >= 15 is 0 Å². The van der Waals surface area contributed by atoms with E-state index in [2.05, 4.69) is 15.8 Å². The average molecular weight is 203 g/mol. The lowest BCUT2D eigenvalue weighted by Crippen LogP contribution is -2.50. The number of ether oxygens (including phenoxy) is 1. The minimum atomic E-state index is -0.510. The fourth-order valence-corrected chi connectivity index (χ4v) is 1.16. The van der Waals surface area contributed by atoms with Gasteiger partial charge in [0.15, 0.2) is 0 Å². The molecule has 5 heteroatoms. The molecule has 0 aliphatic carbocycles. The standard InChI is InChI=1S/C9H18N2O3/c1-7(12)11-8(9(13)14-2)5-3-4-6-10/h8H,3-6,10H2,1-2H3,(H,11,12)/p+1/t8-/m0/s1. The van der Waals surface area contributed by atoms with Gasteiger partial charge in [-0.3, -0.25) is 4.79 Å². The van der Waals surface area contributed by atoms with Crippen LogP contribution in [0.25, 0.3) is 0 Å². The number of nitrogens with one attached hydrogen (secondary N) is 1. The van der Waals surface area contributed by atoms with Crippen molar-refractivity contribution in [2.45, 2.75) is 32.2 Å². The number of esters is 1. The normalized spacial score (nSPS) is 11.9. The molecule has 0 spiro atoms. The Kier molecular flexibility index (Phi) is 6.74. The van der Waals surface area contributed by atoms with Crippen LogP contribution in [0.5, 0.6) is 0 Å². The molecule has 82 valence electrons. The molecule has 0 saturated heterocycles. The van der Waals surface area contributed by atoms with Crippen molar-refractivity contribution in [3.05, 3.63) is 0 Å². The van der Waals surface area contributed by atoms with Gasteiger partial charge in [0.2, 0.25) is 5.91 Å². The van der Waals surface area contributed by atoms with E-state index in [-0.39, 0.29) is 11.9 Å². The lowest BCUT2D eigenvalue weighted by atomic mass is 10.1. The Hall–Kier alpha value is -1.10. The van der Waals surface area contributed by atoms with Gasteiger partial charge in [0.25, 0.3) is 0 Å². The zero-order chi connectivity index (χ0) is 11.0. The van der Waals surface area contributed by atoms with Gasteiger partial charge in [-0.15, -0.1) is 0 Å². The highest BCUT2D eigenvalue weighted by atomic mass is 16.5. The van der Waals surface area contributed by atoms with Crippen molar-refractivity contribution in [2.24, 2.45) is 0 Å². The molecule has 1 amide bonds. The van der Waals surface area contributed by atoms with Crippen LogP contribution in [0.3, 0.4) is 0 Å². The molecule has 0 rings (SSSR count). The molecule has 4 N–H and O–H groups in total. The minimum absolute atomic E-state index is 0.213. The lowest BCUT2D eigenvalue weighted by molar-refractivity contribution is -0.368. The Balaban J connectivity index is 3.97. The fourth-order valence-electron chi connectivity index (χ4n) is 1.16. The van der Waals surface area contributed by atoms with E-state index in [4.69, 9.17) is 0 Å². The molecule has 0 aromatic carbocycles. The molecule has 0 radical (unpaired) electrons. The van der Waals surface area contributed by atoms with Gasteiger partial charge in [0, 0.05) is 6.92 Å². The number of methoxy groups -OCH3 is 1. The summed E-state index contributed by atoms with van der Waals surface area (Å²) in [6, 6.07) is -0.510. The SMILES string of the molecule is COC(=O)[C@H](CCCC[NH3+])NC(C)=O. The summed E-state index contributed by atoms with van der Waals surface area (Å²) in [6.07, 6.45) is 2.43. The van der Waals surface area contributed by atoms with Crippen LogP contribution in [0.2, 0.25) is 0 Å². The highest BCUT2D eigenvalue weighted by Crippen LogP contribution is 2.01. The van der Waals surface area contributed by atoms with Gasteiger partial charge in [-0.05, 0) is 19.3 Å². The smallest absolute Gasteiger partial charge is 0.328 e. The Labute approximate surface area is 84.0 Å². The molecule has 0 aliphatic rings. The third-order valence-corrected chi connectivity index (χ3v) is 1.86. The average Bonchev–Trinajstić information content (AvgIpc) is 2.15. The second kappa shape index (κ2) is 7.32. The lowest BCUT2D eigenvalue weighted by Gasteiger charge is -2.14. The number of amides is 1. The number of quaternary nitrogens is 1. The summed E-state index contributed by atoms with van der Waals surface area (Å²) in [7, 11) is 1.32. The summed E-state index contributed by atoms with van der Waals surface area (Å²) in [4.78, 5) is 22.0. The molecule has 0 bridgehead atoms. The molecule has 0 aliphatic heterocycles. The Bertz CT molecular complexity index is 194. The number of unbranched alkanes of at least 4 members (excludes halogenated alkanes) is 1. The molecule has 1 atom stereocenters. The quantitative estimate of drug-likeness (QED) is 0.432. The van der Waals surface area contributed by atoms with Crippen LogP contribution in [-0.4, -0.2) is 31.6 Å². The van der Waals surface area contributed by atoms with E-state index in [1.165, 1.54) is 14.0 Å². The van der Waals surface area contributed by atoms with Gasteiger partial charge in [0.1, 0.15) is 6.04 Å². The number of rotatable bonds is 6. The van der Waals surface area contributed by atoms with Crippen molar-refractivity contribution >= 4 is 11.9 Å². The van der Waals surface area contributed by atoms with Crippen molar-refractivity contribution in [3.8, 4) is 0 Å². The van der Waals surface area contributed by atoms with Crippen LogP contribution in [0.1, 0.15) is 26.2 Å². The maximum Gasteiger partial charge on any atom is 0.328 e. The van der Waals surface area contributed by atoms with E-state index in [0.29, 0.717) is 6.42 Å². The second-order valence-corrected chi connectivity index (χ2v) is 3.13. The summed E-state index contributed by atoms with van der Waals surface area (Å²) >= 11 is 0. The zero-order valence-corrected chi connectivity index (χ0v) is 8.84. The predicted molar refractivity (Wildman–Crippen MR) is 51.2 cm³/mol. The number of hydrogen-bond acceptors (Lipinski definition) is 3. The molecular formula is C9H19N2O3+. The molecule has 0 heterocycles. The Morgan fingerprint density at radius 1 is 1.43 bits per heavy atom. The molecule has 14 heavy (non-hydrogen) atoms. The first-order valence-electron chi connectivity index (χ1n) is 4.76. The van der Waals surface area contributed by atoms with Gasteiger partial charge in [0.05, 0.1) is 13.7 Å². The van der Waals surface area contributed by atoms with Crippen molar-refractivity contribution in [2.75, 3.05) is 13.7 Å². The van der Waals surface area contributed by atoms with Gasteiger partial charge < -0.3 is 15.8 Å². The van der Waals surface area contributed by atoms with E-state index in [1.807, 2.05) is 0 Å². The van der Waals surface area contributed by atoms with E-state index in [0.717, 1.165) is 19.4 Å². The first-order valence-corrected chi connectivity index (χ1v) is 4.76. The first-order chi connectivity index (χ1) is 6.61. The molecule has 5 nitrogen and oxygen atoms in total. The van der Waals surface area contributed by atoms with Crippen LogP contribution < -0.4 is 11.1 Å². The predicted octanol–water partition coefficient (Wildman–Crippen LogP) is -0.924. The van der Waals surface area contributed by atoms with Crippen molar-refractivity contribution in [1.82, 2.24) is 5.32 Å². The van der Waals surface area contributed by atoms with Crippen LogP contribution >= 0.6 is 0 Å². The summed E-state index contributed by atoms with van der Waals surface area (Å²) in [5.74, 6) is -0.598. The Morgan fingerprint density at radius 2 is 2.07 bits per heavy atom. The van der Waals surface area contributed by atoms with Crippen LogP contribution in [0, 0.1) is 0 Å². The van der Waals surface area contributed by atoms with Gasteiger partial charge >= 0.3 is 5.97 Å². The van der Waals surface area contributed by atoms with Crippen LogP contribution in [-0.2, 0) is 14.3 Å². The van der Waals surface area contributed by atoms with E-state index < -0.39 is 6.04 Å². The maximum atomic E-state index is 11.2. The summed E-state index contributed by atoms with van der Waals surface area (Å²) < 4.78 is 4.57. The first kappa shape index (κ1) is 12.9. The molecule has 0 fully saturated rings. The van der Waals surface area contributed by atoms with Crippen molar-refractivity contribution < 1.29 is 20.1 Å². The second-order valence-electron chi connectivity index (χ2n) is 3.13. The number of hydrogen-bond donors (Lipinski definition) is 2. The maximum absolute atomic E-state index is 11.2. The van der Waals surface area contributed by atoms with Gasteiger partial charge in [-0.1, -0.05) is 0 Å². The van der Waals surface area contributed by atoms with Gasteiger partial charge in [-0.2, -0.15) is 0 Å². The van der Waals surface area contributed by atoms with E-state index in [9.17, 15) is 9.59 Å². The van der Waals surface area contributed by atoms with Crippen molar-refractivity contribution in [3.63, 3.8) is 0 Å². The molecule has 0 aromatic heterocycles. The molecular weight excluding hydrogens is 184 g/mol. The molecule has 0 unspecified atom stereocenters. The molecule has 0 saturated carbocycles.